The minimum absolute atomic E-state index is 0.327. The molecule has 0 bridgehead atoms. The smallest absolute Gasteiger partial charge is 0.409 e. The van der Waals surface area contributed by atoms with Gasteiger partial charge in [-0.25, -0.2) is 17.9 Å². The van der Waals surface area contributed by atoms with Crippen molar-refractivity contribution in [2.24, 2.45) is 0 Å². The van der Waals surface area contributed by atoms with E-state index in [4.69, 9.17) is 9.47 Å². The highest BCUT2D eigenvalue weighted by Crippen LogP contribution is 2.27. The van der Waals surface area contributed by atoms with Crippen LogP contribution in [0.1, 0.15) is 18.4 Å². The summed E-state index contributed by atoms with van der Waals surface area (Å²) >= 11 is 0. The highest BCUT2D eigenvalue weighted by molar-refractivity contribution is 7.88. The summed E-state index contributed by atoms with van der Waals surface area (Å²) in [4.78, 5) is 14.0. The second-order valence-corrected chi connectivity index (χ2v) is 9.28. The van der Waals surface area contributed by atoms with E-state index in [0.717, 1.165) is 28.7 Å². The molecule has 1 aliphatic heterocycles. The normalized spacial score (nSPS) is 19.4. The molecular weight excluding hydrogens is 404 g/mol. The number of rotatable bonds is 6. The summed E-state index contributed by atoms with van der Waals surface area (Å²) in [5.74, 6) is 0.792. The number of hydrogen-bond donors (Lipinski definition) is 1. The predicted octanol–water partition coefficient (Wildman–Crippen LogP) is 3.05. The molecule has 2 atom stereocenters. The van der Waals surface area contributed by atoms with Crippen LogP contribution in [0.5, 0.6) is 5.75 Å². The van der Waals surface area contributed by atoms with Gasteiger partial charge < -0.3 is 14.4 Å². The lowest BCUT2D eigenvalue weighted by Crippen LogP contribution is -2.57. The van der Waals surface area contributed by atoms with Crippen LogP contribution in [0.15, 0.2) is 48.5 Å². The molecule has 0 aromatic heterocycles. The fraction of sp³-hybridized carbons (Fsp3) is 0.409. The number of nitrogens with zero attached hydrogens (tertiary/aromatic N) is 1. The summed E-state index contributed by atoms with van der Waals surface area (Å²) in [5.41, 5.74) is 3.12. The first-order valence-corrected chi connectivity index (χ1v) is 11.7. The fourth-order valence-electron chi connectivity index (χ4n) is 3.97. The third-order valence-corrected chi connectivity index (χ3v) is 6.08. The van der Waals surface area contributed by atoms with Crippen molar-refractivity contribution in [3.8, 4) is 16.9 Å². The van der Waals surface area contributed by atoms with Gasteiger partial charge in [0.1, 0.15) is 5.75 Å². The molecule has 0 aliphatic carbocycles. The Morgan fingerprint density at radius 2 is 1.87 bits per heavy atom. The van der Waals surface area contributed by atoms with Gasteiger partial charge in [0.05, 0.1) is 26.5 Å². The van der Waals surface area contributed by atoms with Crippen molar-refractivity contribution in [3.05, 3.63) is 54.1 Å². The largest absolute Gasteiger partial charge is 0.497 e. The number of ether oxygens (including phenoxy) is 2. The van der Waals surface area contributed by atoms with E-state index in [2.05, 4.69) is 10.8 Å². The molecule has 2 aromatic carbocycles. The molecular formula is C22H28N2O5S. The van der Waals surface area contributed by atoms with E-state index >= 15 is 0 Å². The third-order valence-electron chi connectivity index (χ3n) is 5.35. The molecule has 0 saturated carbocycles. The van der Waals surface area contributed by atoms with E-state index < -0.39 is 16.1 Å². The van der Waals surface area contributed by atoms with Crippen LogP contribution in [0.3, 0.4) is 0 Å². The predicted molar refractivity (Wildman–Crippen MR) is 116 cm³/mol. The summed E-state index contributed by atoms with van der Waals surface area (Å²) in [6, 6.07) is 15.2. The zero-order valence-corrected chi connectivity index (χ0v) is 18.3. The van der Waals surface area contributed by atoms with E-state index in [-0.39, 0.29) is 12.1 Å². The fourth-order valence-corrected chi connectivity index (χ4v) is 4.79. The van der Waals surface area contributed by atoms with Crippen molar-refractivity contribution in [1.29, 1.82) is 0 Å². The summed E-state index contributed by atoms with van der Waals surface area (Å²) in [5, 5.41) is 0. The van der Waals surface area contributed by atoms with Crippen LogP contribution in [-0.2, 0) is 21.2 Å². The maximum absolute atomic E-state index is 12.3. The van der Waals surface area contributed by atoms with Crippen LogP contribution in [0.2, 0.25) is 0 Å². The van der Waals surface area contributed by atoms with Crippen LogP contribution in [0.25, 0.3) is 11.1 Å². The molecule has 30 heavy (non-hydrogen) atoms. The Morgan fingerprint density at radius 1 is 1.13 bits per heavy atom. The molecule has 0 spiro atoms. The molecule has 1 saturated heterocycles. The van der Waals surface area contributed by atoms with Gasteiger partial charge in [-0.1, -0.05) is 36.4 Å². The Kier molecular flexibility index (Phi) is 6.99. The highest BCUT2D eigenvalue weighted by atomic mass is 32.2. The van der Waals surface area contributed by atoms with Gasteiger partial charge in [-0.3, -0.25) is 0 Å². The van der Waals surface area contributed by atoms with Gasteiger partial charge in [0.2, 0.25) is 10.0 Å². The Morgan fingerprint density at radius 3 is 2.50 bits per heavy atom. The lowest BCUT2D eigenvalue weighted by atomic mass is 9.90. The summed E-state index contributed by atoms with van der Waals surface area (Å²) < 4.78 is 36.6. The number of piperidine rings is 1. The zero-order valence-electron chi connectivity index (χ0n) is 17.5. The van der Waals surface area contributed by atoms with Crippen molar-refractivity contribution < 1.29 is 22.7 Å². The van der Waals surface area contributed by atoms with Crippen LogP contribution in [0, 0.1) is 0 Å². The number of carbonyl (C=O) groups is 1. The molecule has 3 rings (SSSR count). The lowest BCUT2D eigenvalue weighted by molar-refractivity contribution is 0.0792. The molecule has 0 radical (unpaired) electrons. The van der Waals surface area contributed by atoms with Gasteiger partial charge in [0.25, 0.3) is 0 Å². The van der Waals surface area contributed by atoms with Gasteiger partial charge in [0, 0.05) is 12.6 Å². The second kappa shape index (κ2) is 9.49. The van der Waals surface area contributed by atoms with Gasteiger partial charge in [-0.05, 0) is 48.1 Å². The third kappa shape index (κ3) is 5.52. The van der Waals surface area contributed by atoms with E-state index in [1.165, 1.54) is 7.11 Å². The number of hydrogen-bond acceptors (Lipinski definition) is 5. The Balaban J connectivity index is 1.88. The average molecular weight is 433 g/mol. The summed E-state index contributed by atoms with van der Waals surface area (Å²) in [6.45, 7) is 0.539. The number of benzene rings is 2. The van der Waals surface area contributed by atoms with Gasteiger partial charge in [-0.15, -0.1) is 0 Å². The van der Waals surface area contributed by atoms with Crippen molar-refractivity contribution in [2.75, 3.05) is 27.0 Å². The van der Waals surface area contributed by atoms with Crippen molar-refractivity contribution in [3.63, 3.8) is 0 Å². The molecule has 1 amide bonds. The molecule has 1 N–H and O–H groups in total. The number of nitrogens with one attached hydrogen (secondary N) is 1. The van der Waals surface area contributed by atoms with Gasteiger partial charge in [-0.2, -0.15) is 0 Å². The monoisotopic (exact) mass is 432 g/mol. The minimum Gasteiger partial charge on any atom is -0.497 e. The highest BCUT2D eigenvalue weighted by Gasteiger charge is 2.36. The Bertz CT molecular complexity index is 975. The van der Waals surface area contributed by atoms with Crippen molar-refractivity contribution in [1.82, 2.24) is 9.62 Å². The van der Waals surface area contributed by atoms with Crippen LogP contribution >= 0.6 is 0 Å². The molecule has 7 nitrogen and oxygen atoms in total. The lowest BCUT2D eigenvalue weighted by Gasteiger charge is -2.40. The van der Waals surface area contributed by atoms with Crippen LogP contribution in [0.4, 0.5) is 4.79 Å². The molecule has 1 fully saturated rings. The molecule has 1 aliphatic rings. The number of methoxy groups -OCH3 is 2. The summed E-state index contributed by atoms with van der Waals surface area (Å²) in [7, 11) is -0.426. The van der Waals surface area contributed by atoms with Crippen LogP contribution in [-0.4, -0.2) is 58.5 Å². The molecule has 0 unspecified atom stereocenters. The van der Waals surface area contributed by atoms with Gasteiger partial charge in [0.15, 0.2) is 0 Å². The second-order valence-electron chi connectivity index (χ2n) is 7.50. The molecule has 2 aromatic rings. The summed E-state index contributed by atoms with van der Waals surface area (Å²) in [6.07, 6.45) is 2.61. The SMILES string of the molecule is COC(=O)N1CCC[C@@H](NS(C)(=O)=O)[C@H]1Cc1cccc(-c2ccc(OC)cc2)c1. The number of sulfonamides is 1. The van der Waals surface area contributed by atoms with Crippen molar-refractivity contribution >= 4 is 16.1 Å². The minimum atomic E-state index is -3.40. The molecule has 162 valence electrons. The number of amides is 1. The quantitative estimate of drug-likeness (QED) is 0.758. The topological polar surface area (TPSA) is 84.9 Å². The number of likely N-dealkylation sites (tertiary alicyclic amines) is 1. The number of carbonyl (C=O) groups excluding carboxylic acids is 1. The molecule has 8 heteroatoms. The van der Waals surface area contributed by atoms with E-state index in [9.17, 15) is 13.2 Å². The standard InChI is InChI=1S/C22H28N2O5S/c1-28-19-11-9-17(10-12-19)18-7-4-6-16(14-18)15-21-20(23-30(3,26)27)8-5-13-24(21)22(25)29-2/h4,6-7,9-12,14,20-21,23H,5,8,13,15H2,1-3H3/t20-,21-/m1/s1. The van der Waals surface area contributed by atoms with Crippen molar-refractivity contribution in [2.45, 2.75) is 31.3 Å². The maximum Gasteiger partial charge on any atom is 0.409 e. The maximum atomic E-state index is 12.3. The average Bonchev–Trinajstić information content (AvgIpc) is 2.73. The van der Waals surface area contributed by atoms with Crippen LogP contribution < -0.4 is 9.46 Å². The molecule has 1 heterocycles. The van der Waals surface area contributed by atoms with E-state index in [0.29, 0.717) is 25.8 Å². The first-order valence-electron chi connectivity index (χ1n) is 9.86. The van der Waals surface area contributed by atoms with Gasteiger partial charge >= 0.3 is 6.09 Å². The Hall–Kier alpha value is -2.58. The Labute approximate surface area is 178 Å². The van der Waals surface area contributed by atoms with E-state index in [1.54, 1.807) is 12.0 Å². The van der Waals surface area contributed by atoms with E-state index in [1.807, 2.05) is 42.5 Å². The zero-order chi connectivity index (χ0) is 21.7. The first-order chi connectivity index (χ1) is 14.3. The first kappa shape index (κ1) is 22.1.